The van der Waals surface area contributed by atoms with Crippen molar-refractivity contribution in [3.05, 3.63) is 35.4 Å². The van der Waals surface area contributed by atoms with E-state index in [1.165, 1.54) is 6.42 Å². The molecule has 1 aliphatic rings. The lowest BCUT2D eigenvalue weighted by atomic mass is 9.82. The Morgan fingerprint density at radius 3 is 2.54 bits per heavy atom. The summed E-state index contributed by atoms with van der Waals surface area (Å²) >= 11 is 0. The molecule has 6 heteroatoms. The van der Waals surface area contributed by atoms with E-state index in [4.69, 9.17) is 4.43 Å². The van der Waals surface area contributed by atoms with Gasteiger partial charge in [-0.15, -0.1) is 0 Å². The summed E-state index contributed by atoms with van der Waals surface area (Å²) in [7, 11) is -5.30. The Kier molecular flexibility index (Phi) is 6.86. The lowest BCUT2D eigenvalue weighted by Gasteiger charge is -2.41. The zero-order valence-electron chi connectivity index (χ0n) is 15.0. The van der Waals surface area contributed by atoms with Gasteiger partial charge in [0.05, 0.1) is 5.16 Å². The highest BCUT2D eigenvalue weighted by Crippen LogP contribution is 2.64. The summed E-state index contributed by atoms with van der Waals surface area (Å²) in [6, 6.07) is 9.63. The molecule has 1 heterocycles. The van der Waals surface area contributed by atoms with Crippen LogP contribution in [0.25, 0.3) is 0 Å². The molecule has 1 saturated heterocycles. The molecular formula is C18H30O4PSi. The van der Waals surface area contributed by atoms with Gasteiger partial charge >= 0.3 is 7.60 Å². The average molecular weight is 369 g/mol. The third-order valence-electron chi connectivity index (χ3n) is 5.43. The first-order valence-corrected chi connectivity index (χ1v) is 12.4. The van der Waals surface area contributed by atoms with Crippen molar-refractivity contribution in [1.82, 2.24) is 0 Å². The fraction of sp³-hybridized carbons (Fsp3) is 0.667. The van der Waals surface area contributed by atoms with Gasteiger partial charge in [0, 0.05) is 6.61 Å². The van der Waals surface area contributed by atoms with Crippen LogP contribution in [0.4, 0.5) is 0 Å². The Balaban J connectivity index is 2.44. The van der Waals surface area contributed by atoms with Gasteiger partial charge < -0.3 is 14.2 Å². The standard InChI is InChI=1S/C18H30O4PSi/c1-4-16-10-6-7-11-17(16)18(5-2,23(19,20)21)15(3)14-24-13-9-8-12-22-24/h6-7,10-11,15H,4-5,8-9,12-14H2,1-3H3,(H2,19,20,21). The first-order chi connectivity index (χ1) is 11.4. The molecule has 1 radical (unpaired) electrons. The molecule has 0 spiro atoms. The van der Waals surface area contributed by atoms with Crippen molar-refractivity contribution in [3.63, 3.8) is 0 Å². The van der Waals surface area contributed by atoms with Crippen LogP contribution in [-0.2, 0) is 20.6 Å². The lowest BCUT2D eigenvalue weighted by Crippen LogP contribution is -2.38. The van der Waals surface area contributed by atoms with Gasteiger partial charge in [-0.25, -0.2) is 0 Å². The molecule has 1 aromatic rings. The molecule has 2 unspecified atom stereocenters. The summed E-state index contributed by atoms with van der Waals surface area (Å²) in [6.07, 6.45) is 3.50. The second-order valence-corrected chi connectivity index (χ2v) is 10.9. The summed E-state index contributed by atoms with van der Waals surface area (Å²) in [4.78, 5) is 20.8. The first-order valence-electron chi connectivity index (χ1n) is 8.98. The molecule has 2 rings (SSSR count). The number of rotatable bonds is 7. The van der Waals surface area contributed by atoms with Crippen molar-refractivity contribution in [1.29, 1.82) is 0 Å². The molecule has 1 aliphatic heterocycles. The molecule has 2 N–H and O–H groups in total. The summed E-state index contributed by atoms with van der Waals surface area (Å²) < 4.78 is 18.6. The second-order valence-electron chi connectivity index (χ2n) is 6.78. The minimum atomic E-state index is -4.33. The molecule has 0 amide bonds. The molecule has 135 valence electrons. The smallest absolute Gasteiger partial charge is 0.336 e. The molecule has 1 fully saturated rings. The summed E-state index contributed by atoms with van der Waals surface area (Å²) in [5, 5.41) is -1.11. The van der Waals surface area contributed by atoms with E-state index in [9.17, 15) is 14.4 Å². The third-order valence-corrected chi connectivity index (χ3v) is 10.1. The Hall–Kier alpha value is -0.453. The van der Waals surface area contributed by atoms with Crippen LogP contribution < -0.4 is 0 Å². The molecule has 2 atom stereocenters. The highest BCUT2D eigenvalue weighted by atomic mass is 31.2. The Bertz CT molecular complexity index is 582. The van der Waals surface area contributed by atoms with Crippen LogP contribution in [0.15, 0.2) is 24.3 Å². The monoisotopic (exact) mass is 369 g/mol. The molecule has 0 bridgehead atoms. The zero-order chi connectivity index (χ0) is 17.8. The van der Waals surface area contributed by atoms with E-state index >= 15 is 0 Å². The molecular weight excluding hydrogens is 339 g/mol. The van der Waals surface area contributed by atoms with Crippen LogP contribution in [0.2, 0.25) is 12.1 Å². The normalized spacial score (nSPS) is 20.5. The fourth-order valence-electron chi connectivity index (χ4n) is 4.09. The maximum atomic E-state index is 12.7. The number of hydrogen-bond acceptors (Lipinski definition) is 2. The van der Waals surface area contributed by atoms with Crippen LogP contribution in [0.5, 0.6) is 0 Å². The fourth-order valence-corrected chi connectivity index (χ4v) is 8.45. The van der Waals surface area contributed by atoms with E-state index < -0.39 is 21.8 Å². The largest absolute Gasteiger partial charge is 0.417 e. The van der Waals surface area contributed by atoms with Crippen LogP contribution in [-0.4, -0.2) is 25.4 Å². The Morgan fingerprint density at radius 2 is 2.00 bits per heavy atom. The van der Waals surface area contributed by atoms with Crippen molar-refractivity contribution >= 4 is 16.6 Å². The molecule has 0 aliphatic carbocycles. The molecule has 1 aromatic carbocycles. The minimum absolute atomic E-state index is 0.108. The Morgan fingerprint density at radius 1 is 1.29 bits per heavy atom. The van der Waals surface area contributed by atoms with E-state index in [0.717, 1.165) is 42.7 Å². The second kappa shape index (κ2) is 8.28. The van der Waals surface area contributed by atoms with E-state index in [2.05, 4.69) is 0 Å². The minimum Gasteiger partial charge on any atom is -0.417 e. The predicted molar refractivity (Wildman–Crippen MR) is 99.6 cm³/mol. The van der Waals surface area contributed by atoms with E-state index in [-0.39, 0.29) is 5.92 Å². The third kappa shape index (κ3) is 3.86. The maximum absolute atomic E-state index is 12.7. The van der Waals surface area contributed by atoms with Crippen LogP contribution in [0.1, 0.15) is 51.2 Å². The first kappa shape index (κ1) is 19.9. The van der Waals surface area contributed by atoms with Gasteiger partial charge in [-0.3, -0.25) is 4.57 Å². The van der Waals surface area contributed by atoms with Crippen LogP contribution >= 0.6 is 7.60 Å². The van der Waals surface area contributed by atoms with Gasteiger partial charge in [0.25, 0.3) is 0 Å². The number of benzene rings is 1. The summed E-state index contributed by atoms with van der Waals surface area (Å²) in [5.41, 5.74) is 1.87. The van der Waals surface area contributed by atoms with Crippen molar-refractivity contribution in [3.8, 4) is 0 Å². The van der Waals surface area contributed by atoms with Crippen molar-refractivity contribution in [2.75, 3.05) is 6.61 Å². The van der Waals surface area contributed by atoms with E-state index in [0.29, 0.717) is 6.42 Å². The van der Waals surface area contributed by atoms with E-state index in [1.54, 1.807) is 0 Å². The van der Waals surface area contributed by atoms with Gasteiger partial charge in [-0.1, -0.05) is 51.5 Å². The molecule has 24 heavy (non-hydrogen) atoms. The lowest BCUT2D eigenvalue weighted by molar-refractivity contribution is 0.258. The van der Waals surface area contributed by atoms with Crippen LogP contribution in [0, 0.1) is 5.92 Å². The van der Waals surface area contributed by atoms with Crippen molar-refractivity contribution < 1.29 is 18.8 Å². The summed E-state index contributed by atoms with van der Waals surface area (Å²) in [6.45, 7) is 6.76. The zero-order valence-corrected chi connectivity index (χ0v) is 16.9. The van der Waals surface area contributed by atoms with Crippen molar-refractivity contribution in [2.45, 2.75) is 63.7 Å². The highest BCUT2D eigenvalue weighted by molar-refractivity contribution is 7.53. The summed E-state index contributed by atoms with van der Waals surface area (Å²) in [5.74, 6) is -0.108. The number of hydrogen-bond donors (Lipinski definition) is 2. The topological polar surface area (TPSA) is 66.8 Å². The number of aryl methyl sites for hydroxylation is 1. The highest BCUT2D eigenvalue weighted by Gasteiger charge is 2.52. The van der Waals surface area contributed by atoms with E-state index in [1.807, 2.05) is 45.0 Å². The predicted octanol–water partition coefficient (Wildman–Crippen LogP) is 4.47. The van der Waals surface area contributed by atoms with Gasteiger partial charge in [0.1, 0.15) is 0 Å². The molecule has 0 saturated carbocycles. The van der Waals surface area contributed by atoms with Crippen LogP contribution in [0.3, 0.4) is 0 Å². The molecule has 4 nitrogen and oxygen atoms in total. The maximum Gasteiger partial charge on any atom is 0.336 e. The van der Waals surface area contributed by atoms with Gasteiger partial charge in [0.2, 0.25) is 9.04 Å². The Labute approximate surface area is 147 Å². The molecule has 0 aromatic heterocycles. The average Bonchev–Trinajstić information content (AvgIpc) is 2.56. The SMILES string of the molecule is CCc1ccccc1C(CC)(C(C)C[Si]1CCCCO1)P(=O)(O)O. The van der Waals surface area contributed by atoms with Gasteiger partial charge in [-0.05, 0) is 48.4 Å². The quantitative estimate of drug-likeness (QED) is 0.550. The van der Waals surface area contributed by atoms with Gasteiger partial charge in [-0.2, -0.15) is 0 Å². The van der Waals surface area contributed by atoms with Crippen molar-refractivity contribution in [2.24, 2.45) is 5.92 Å². The van der Waals surface area contributed by atoms with Gasteiger partial charge in [0.15, 0.2) is 0 Å².